The third-order valence-corrected chi connectivity index (χ3v) is 3.37. The van der Waals surface area contributed by atoms with Crippen molar-refractivity contribution in [2.75, 3.05) is 11.9 Å². The minimum Gasteiger partial charge on any atom is -0.374 e. The summed E-state index contributed by atoms with van der Waals surface area (Å²) in [5, 5.41) is 21.7. The Morgan fingerprint density at radius 2 is 2.09 bits per heavy atom. The first kappa shape index (κ1) is 16.8. The Labute approximate surface area is 130 Å². The van der Waals surface area contributed by atoms with Crippen molar-refractivity contribution in [2.45, 2.75) is 18.2 Å². The zero-order valence-electron chi connectivity index (χ0n) is 12.2. The van der Waals surface area contributed by atoms with Crippen LogP contribution in [-0.4, -0.2) is 32.4 Å². The van der Waals surface area contributed by atoms with Crippen LogP contribution in [-0.2, 0) is 12.6 Å². The number of nitrogens with one attached hydrogen (secondary N) is 1. The first-order valence-corrected chi connectivity index (χ1v) is 6.65. The molecule has 0 aliphatic rings. The van der Waals surface area contributed by atoms with Crippen molar-refractivity contribution >= 4 is 5.82 Å². The molecule has 0 aromatic carbocycles. The summed E-state index contributed by atoms with van der Waals surface area (Å²) in [6, 6.07) is 4.92. The van der Waals surface area contributed by atoms with Gasteiger partial charge in [-0.1, -0.05) is 0 Å². The van der Waals surface area contributed by atoms with Gasteiger partial charge in [-0.15, -0.1) is 0 Å². The third kappa shape index (κ3) is 3.27. The Kier molecular flexibility index (Phi) is 4.56. The standard InChI is InChI=1S/C14H14F3N5O/c1-22-8-7-21-12(22)13(23,14(15,16)17)4-6-20-11-10(9-18)3-2-5-19-11/h2-3,5,7-8,23H,4,6H2,1H3,(H,19,20)/t13-/m0/s1. The smallest absolute Gasteiger partial charge is 0.374 e. The lowest BCUT2D eigenvalue weighted by molar-refractivity contribution is -0.271. The molecule has 1 atom stereocenters. The van der Waals surface area contributed by atoms with E-state index in [0.29, 0.717) is 0 Å². The molecule has 0 fully saturated rings. The molecule has 2 rings (SSSR count). The number of pyridine rings is 1. The number of halogens is 3. The predicted octanol–water partition coefficient (Wildman–Crippen LogP) is 1.94. The summed E-state index contributed by atoms with van der Waals surface area (Å²) in [6.07, 6.45) is -1.64. The van der Waals surface area contributed by atoms with Crippen LogP contribution in [0.15, 0.2) is 30.7 Å². The van der Waals surface area contributed by atoms with Gasteiger partial charge in [-0.2, -0.15) is 18.4 Å². The number of alkyl halides is 3. The molecule has 0 saturated carbocycles. The van der Waals surface area contributed by atoms with Crippen LogP contribution in [0.5, 0.6) is 0 Å². The summed E-state index contributed by atoms with van der Waals surface area (Å²) in [5.41, 5.74) is -2.89. The van der Waals surface area contributed by atoms with E-state index in [1.54, 1.807) is 6.07 Å². The monoisotopic (exact) mass is 325 g/mol. The summed E-state index contributed by atoms with van der Waals surface area (Å²) < 4.78 is 41.1. The fourth-order valence-electron chi connectivity index (χ4n) is 2.14. The van der Waals surface area contributed by atoms with Crippen LogP contribution in [0.25, 0.3) is 0 Å². The van der Waals surface area contributed by atoms with Gasteiger partial charge in [0.25, 0.3) is 0 Å². The van der Waals surface area contributed by atoms with E-state index in [1.807, 2.05) is 6.07 Å². The van der Waals surface area contributed by atoms with Crippen molar-refractivity contribution < 1.29 is 18.3 Å². The largest absolute Gasteiger partial charge is 0.424 e. The molecule has 2 heterocycles. The van der Waals surface area contributed by atoms with Crippen LogP contribution >= 0.6 is 0 Å². The van der Waals surface area contributed by atoms with Gasteiger partial charge in [-0.05, 0) is 12.1 Å². The van der Waals surface area contributed by atoms with Gasteiger partial charge in [0.1, 0.15) is 17.7 Å². The van der Waals surface area contributed by atoms with Crippen LogP contribution in [0.3, 0.4) is 0 Å². The minimum absolute atomic E-state index is 0.166. The summed E-state index contributed by atoms with van der Waals surface area (Å²) in [7, 11) is 1.37. The highest BCUT2D eigenvalue weighted by Crippen LogP contribution is 2.40. The van der Waals surface area contributed by atoms with Crippen molar-refractivity contribution in [2.24, 2.45) is 7.05 Å². The predicted molar refractivity (Wildman–Crippen MR) is 75.2 cm³/mol. The number of aromatic nitrogens is 3. The van der Waals surface area contributed by atoms with Crippen molar-refractivity contribution in [1.82, 2.24) is 14.5 Å². The first-order chi connectivity index (χ1) is 10.8. The lowest BCUT2D eigenvalue weighted by Crippen LogP contribution is -2.45. The van der Waals surface area contributed by atoms with Crippen LogP contribution in [0.2, 0.25) is 0 Å². The molecule has 0 bridgehead atoms. The van der Waals surface area contributed by atoms with Gasteiger partial charge in [-0.3, -0.25) is 0 Å². The Morgan fingerprint density at radius 1 is 1.35 bits per heavy atom. The van der Waals surface area contributed by atoms with Gasteiger partial charge in [0, 0.05) is 38.6 Å². The number of aryl methyl sites for hydroxylation is 1. The molecule has 0 aliphatic carbocycles. The number of nitrogens with zero attached hydrogens (tertiary/aromatic N) is 4. The van der Waals surface area contributed by atoms with E-state index in [4.69, 9.17) is 5.26 Å². The van der Waals surface area contributed by atoms with Gasteiger partial charge >= 0.3 is 6.18 Å². The minimum atomic E-state index is -4.89. The van der Waals surface area contributed by atoms with E-state index in [2.05, 4.69) is 15.3 Å². The van der Waals surface area contributed by atoms with Crippen molar-refractivity contribution in [1.29, 1.82) is 5.26 Å². The number of aliphatic hydroxyl groups is 1. The zero-order valence-corrected chi connectivity index (χ0v) is 12.2. The van der Waals surface area contributed by atoms with Crippen LogP contribution in [0.1, 0.15) is 17.8 Å². The Balaban J connectivity index is 2.18. The molecule has 2 aromatic heterocycles. The van der Waals surface area contributed by atoms with E-state index in [9.17, 15) is 18.3 Å². The van der Waals surface area contributed by atoms with E-state index in [1.165, 1.54) is 31.7 Å². The Hall–Kier alpha value is -2.60. The number of hydrogen-bond acceptors (Lipinski definition) is 5. The molecule has 0 unspecified atom stereocenters. The topological polar surface area (TPSA) is 86.8 Å². The second kappa shape index (κ2) is 6.26. The number of hydrogen-bond donors (Lipinski definition) is 2. The highest BCUT2D eigenvalue weighted by molar-refractivity contribution is 5.51. The summed E-state index contributed by atoms with van der Waals surface area (Å²) in [5.74, 6) is -0.326. The molecule has 122 valence electrons. The SMILES string of the molecule is Cn1ccnc1[C@@](O)(CCNc1ncccc1C#N)C(F)(F)F. The fourth-order valence-corrected chi connectivity index (χ4v) is 2.14. The molecule has 0 aliphatic heterocycles. The molecule has 0 spiro atoms. The van der Waals surface area contributed by atoms with E-state index in [0.717, 1.165) is 4.57 Å². The highest BCUT2D eigenvalue weighted by Gasteiger charge is 2.57. The number of imidazole rings is 1. The molecular weight excluding hydrogens is 311 g/mol. The normalized spacial score (nSPS) is 14.1. The van der Waals surface area contributed by atoms with Gasteiger partial charge in [0.05, 0.1) is 5.56 Å². The van der Waals surface area contributed by atoms with Crippen LogP contribution in [0.4, 0.5) is 19.0 Å². The maximum absolute atomic E-state index is 13.3. The quantitative estimate of drug-likeness (QED) is 0.877. The summed E-state index contributed by atoms with van der Waals surface area (Å²) in [6.45, 7) is -0.242. The second-order valence-corrected chi connectivity index (χ2v) is 4.91. The lowest BCUT2D eigenvalue weighted by atomic mass is 9.97. The van der Waals surface area contributed by atoms with Gasteiger partial charge in [0.2, 0.25) is 5.60 Å². The molecular formula is C14H14F3N5O. The maximum atomic E-state index is 13.3. The van der Waals surface area contributed by atoms with Crippen LogP contribution < -0.4 is 5.32 Å². The van der Waals surface area contributed by atoms with Crippen molar-refractivity contribution in [3.63, 3.8) is 0 Å². The van der Waals surface area contributed by atoms with Crippen LogP contribution in [0, 0.1) is 11.3 Å². The molecule has 6 nitrogen and oxygen atoms in total. The molecule has 0 saturated heterocycles. The zero-order chi connectivity index (χ0) is 17.1. The van der Waals surface area contributed by atoms with E-state index < -0.39 is 24.0 Å². The molecule has 2 N–H and O–H groups in total. The van der Waals surface area contributed by atoms with Gasteiger partial charge < -0.3 is 15.0 Å². The molecule has 9 heteroatoms. The Bertz CT molecular complexity index is 722. The summed E-state index contributed by atoms with van der Waals surface area (Å²) >= 11 is 0. The fraction of sp³-hybridized carbons (Fsp3) is 0.357. The lowest BCUT2D eigenvalue weighted by Gasteiger charge is -2.30. The average molecular weight is 325 g/mol. The molecule has 23 heavy (non-hydrogen) atoms. The average Bonchev–Trinajstić information content (AvgIpc) is 2.93. The van der Waals surface area contributed by atoms with Gasteiger partial charge in [-0.25, -0.2) is 9.97 Å². The number of nitriles is 1. The van der Waals surface area contributed by atoms with E-state index >= 15 is 0 Å². The number of rotatable bonds is 5. The Morgan fingerprint density at radius 3 is 2.65 bits per heavy atom. The second-order valence-electron chi connectivity index (χ2n) is 4.91. The maximum Gasteiger partial charge on any atom is 0.424 e. The van der Waals surface area contributed by atoms with E-state index in [-0.39, 0.29) is 17.9 Å². The van der Waals surface area contributed by atoms with Crippen molar-refractivity contribution in [3.8, 4) is 6.07 Å². The molecule has 0 amide bonds. The highest BCUT2D eigenvalue weighted by atomic mass is 19.4. The van der Waals surface area contributed by atoms with Crippen molar-refractivity contribution in [3.05, 3.63) is 42.1 Å². The third-order valence-electron chi connectivity index (χ3n) is 3.37. The van der Waals surface area contributed by atoms with Gasteiger partial charge in [0.15, 0.2) is 0 Å². The first-order valence-electron chi connectivity index (χ1n) is 6.65. The summed E-state index contributed by atoms with van der Waals surface area (Å²) in [4.78, 5) is 7.51. The molecule has 0 radical (unpaired) electrons. The molecule has 2 aromatic rings. The number of anilines is 1.